The van der Waals surface area contributed by atoms with E-state index in [9.17, 15) is 9.59 Å². The van der Waals surface area contributed by atoms with Crippen molar-refractivity contribution < 1.29 is 23.2 Å². The van der Waals surface area contributed by atoms with Gasteiger partial charge < -0.3 is 13.6 Å². The second-order valence-electron chi connectivity index (χ2n) is 16.2. The Bertz CT molecular complexity index is 1750. The molecule has 0 radical (unpaired) electrons. The molecule has 51 heavy (non-hydrogen) atoms. The van der Waals surface area contributed by atoms with E-state index in [1.165, 1.54) is 33.9 Å². The average molecular weight is 717 g/mol. The molecule has 0 aliphatic heterocycles. The van der Waals surface area contributed by atoms with Gasteiger partial charge in [0, 0.05) is 30.8 Å². The van der Waals surface area contributed by atoms with E-state index < -0.39 is 22.6 Å². The number of Topliss-reactive ketones (excluding diaryl/α,β-unsaturated/α-hetero) is 1. The van der Waals surface area contributed by atoms with Crippen LogP contribution in [0.5, 0.6) is 0 Å². The van der Waals surface area contributed by atoms with Crippen LogP contribution in [-0.2, 0) is 23.2 Å². The number of rotatable bonds is 11. The Morgan fingerprint density at radius 2 is 0.941 bits per heavy atom. The number of carbonyl (C=O) groups excluding carboxylic acids is 2. The molecule has 6 rings (SSSR count). The van der Waals surface area contributed by atoms with Gasteiger partial charge in [-0.3, -0.25) is 4.79 Å². The summed E-state index contributed by atoms with van der Waals surface area (Å²) in [5.41, 5.74) is 0.574. The van der Waals surface area contributed by atoms with Crippen LogP contribution in [-0.4, -0.2) is 48.7 Å². The molecule has 266 valence electrons. The van der Waals surface area contributed by atoms with Crippen molar-refractivity contribution in [3.8, 4) is 0 Å². The summed E-state index contributed by atoms with van der Waals surface area (Å²) >= 11 is 0. The fraction of sp³-hybridized carbons (Fsp3) is 0.364. The maximum absolute atomic E-state index is 14.1. The molecule has 7 heteroatoms. The highest BCUT2D eigenvalue weighted by Crippen LogP contribution is 2.54. The van der Waals surface area contributed by atoms with E-state index in [2.05, 4.69) is 163 Å². The summed E-state index contributed by atoms with van der Waals surface area (Å²) in [4.78, 5) is 26.7. The molecule has 0 saturated heterocycles. The second-order valence-corrected chi connectivity index (χ2v) is 24.8. The summed E-state index contributed by atoms with van der Waals surface area (Å²) in [6.45, 7) is 14.6. The Morgan fingerprint density at radius 1 is 0.608 bits per heavy atom. The van der Waals surface area contributed by atoms with Crippen molar-refractivity contribution in [3.63, 3.8) is 0 Å². The third kappa shape index (κ3) is 6.66. The molecule has 4 aromatic rings. The van der Waals surface area contributed by atoms with Gasteiger partial charge in [0.05, 0.1) is 7.11 Å². The van der Waals surface area contributed by atoms with Gasteiger partial charge in [-0.25, -0.2) is 4.79 Å². The quantitative estimate of drug-likeness (QED) is 0.0984. The lowest BCUT2D eigenvalue weighted by Gasteiger charge is -2.46. The van der Waals surface area contributed by atoms with E-state index in [0.717, 1.165) is 0 Å². The number of esters is 1. The van der Waals surface area contributed by atoms with Gasteiger partial charge in [-0.2, -0.15) is 0 Å². The van der Waals surface area contributed by atoms with Crippen LogP contribution in [0.3, 0.4) is 0 Å². The lowest BCUT2D eigenvalue weighted by atomic mass is 9.77. The third-order valence-electron chi connectivity index (χ3n) is 11.4. The SMILES string of the molecule is COC(=O)/C=C1\C(=O)[C@H]2C[C@@H]1[C@@H](CO[Si](c1ccccc1)(c1ccccc1)C(C)(C)C)[C@H]2CO[Si](c1ccccc1)(c1ccccc1)C(C)(C)C. The zero-order valence-electron chi connectivity index (χ0n) is 31.1. The average Bonchev–Trinajstić information content (AvgIpc) is 3.64. The molecule has 2 aliphatic carbocycles. The molecule has 0 heterocycles. The van der Waals surface area contributed by atoms with Gasteiger partial charge in [0.25, 0.3) is 16.6 Å². The Hall–Kier alpha value is -3.89. The molecule has 2 fully saturated rings. The monoisotopic (exact) mass is 716 g/mol. The number of allylic oxidation sites excluding steroid dienone is 1. The molecule has 2 saturated carbocycles. The first kappa shape index (κ1) is 36.9. The maximum Gasteiger partial charge on any atom is 0.330 e. The zero-order chi connectivity index (χ0) is 36.4. The Morgan fingerprint density at radius 3 is 1.25 bits per heavy atom. The highest BCUT2D eigenvalue weighted by molar-refractivity contribution is 7.00. The largest absolute Gasteiger partial charge is 0.466 e. The number of hydrogen-bond donors (Lipinski definition) is 0. The predicted octanol–water partition coefficient (Wildman–Crippen LogP) is 6.69. The molecule has 0 amide bonds. The Kier molecular flexibility index (Phi) is 10.6. The van der Waals surface area contributed by atoms with E-state index in [4.69, 9.17) is 13.6 Å². The lowest BCUT2D eigenvalue weighted by molar-refractivity contribution is -0.135. The number of carbonyl (C=O) groups is 2. The molecule has 5 nitrogen and oxygen atoms in total. The van der Waals surface area contributed by atoms with Crippen molar-refractivity contribution in [3.05, 3.63) is 133 Å². The topological polar surface area (TPSA) is 61.8 Å². The van der Waals surface area contributed by atoms with Crippen LogP contribution in [0.1, 0.15) is 48.0 Å². The molecule has 4 atom stereocenters. The second kappa shape index (κ2) is 14.6. The highest BCUT2D eigenvalue weighted by atomic mass is 28.4. The van der Waals surface area contributed by atoms with Gasteiger partial charge in [0.15, 0.2) is 5.78 Å². The van der Waals surface area contributed by atoms with Crippen LogP contribution in [0.15, 0.2) is 133 Å². The summed E-state index contributed by atoms with van der Waals surface area (Å²) in [6, 6.07) is 42.7. The van der Waals surface area contributed by atoms with Gasteiger partial charge in [-0.05, 0) is 55.0 Å². The fourth-order valence-corrected chi connectivity index (χ4v) is 18.3. The molecule has 0 aromatic heterocycles. The smallest absolute Gasteiger partial charge is 0.330 e. The number of ether oxygens (including phenoxy) is 1. The number of hydrogen-bond acceptors (Lipinski definition) is 5. The fourth-order valence-electron chi connectivity index (χ4n) is 9.09. The van der Waals surface area contributed by atoms with Gasteiger partial charge >= 0.3 is 5.97 Å². The standard InChI is InChI=1S/C44H52O5Si2/c1-43(2,3)50(32-20-12-8-13-21-32,33-22-14-9-15-23-33)48-30-39-36-28-37(42(46)38(36)29-41(45)47-7)40(39)31-49-51(44(4,5)6,34-24-16-10-17-25-34)35-26-18-11-19-27-35/h8-27,29,36-37,39-40H,28,30-31H2,1-7H3/b38-29-/t36-,37-,39+,40-/m0/s1. The first-order valence-electron chi connectivity index (χ1n) is 18.2. The minimum atomic E-state index is -2.87. The minimum absolute atomic E-state index is 0.0246. The molecule has 0 unspecified atom stereocenters. The van der Waals surface area contributed by atoms with Crippen LogP contribution >= 0.6 is 0 Å². The van der Waals surface area contributed by atoms with Gasteiger partial charge in [-0.15, -0.1) is 0 Å². The molecule has 0 N–H and O–H groups in total. The predicted molar refractivity (Wildman–Crippen MR) is 211 cm³/mol. The molecular formula is C44H52O5Si2. The molecule has 4 aromatic carbocycles. The van der Waals surface area contributed by atoms with Crippen LogP contribution in [0, 0.1) is 23.7 Å². The van der Waals surface area contributed by atoms with Crippen molar-refractivity contribution in [1.82, 2.24) is 0 Å². The highest BCUT2D eigenvalue weighted by Gasteiger charge is 2.59. The van der Waals surface area contributed by atoms with Crippen LogP contribution in [0.2, 0.25) is 10.1 Å². The maximum atomic E-state index is 14.1. The summed E-state index contributed by atoms with van der Waals surface area (Å²) in [6.07, 6.45) is 2.12. The third-order valence-corrected chi connectivity index (χ3v) is 21.4. The van der Waals surface area contributed by atoms with Crippen molar-refractivity contribution in [2.24, 2.45) is 23.7 Å². The summed E-state index contributed by atoms with van der Waals surface area (Å²) in [7, 11) is -4.38. The van der Waals surface area contributed by atoms with Crippen molar-refractivity contribution in [1.29, 1.82) is 0 Å². The summed E-state index contributed by atoms with van der Waals surface area (Å²) in [5.74, 6) is -0.911. The van der Waals surface area contributed by atoms with Gasteiger partial charge in [0.2, 0.25) is 0 Å². The van der Waals surface area contributed by atoms with Gasteiger partial charge in [-0.1, -0.05) is 163 Å². The number of methoxy groups -OCH3 is 1. The Balaban J connectivity index is 1.44. The van der Waals surface area contributed by atoms with E-state index >= 15 is 0 Å². The van der Waals surface area contributed by atoms with Crippen molar-refractivity contribution >= 4 is 49.1 Å². The zero-order valence-corrected chi connectivity index (χ0v) is 33.1. The normalized spacial score (nSPS) is 21.6. The van der Waals surface area contributed by atoms with E-state index in [1.807, 2.05) is 0 Å². The van der Waals surface area contributed by atoms with Gasteiger partial charge in [0.1, 0.15) is 0 Å². The van der Waals surface area contributed by atoms with Crippen LogP contribution in [0.4, 0.5) is 0 Å². The summed E-state index contributed by atoms with van der Waals surface area (Å²) in [5, 5.41) is 4.46. The molecule has 2 bridgehead atoms. The summed E-state index contributed by atoms with van der Waals surface area (Å²) < 4.78 is 20.1. The molecule has 0 spiro atoms. The molecule has 2 aliphatic rings. The lowest BCUT2D eigenvalue weighted by Crippen LogP contribution is -2.67. The van der Waals surface area contributed by atoms with Crippen molar-refractivity contribution in [2.75, 3.05) is 20.3 Å². The van der Waals surface area contributed by atoms with Crippen LogP contribution < -0.4 is 20.7 Å². The van der Waals surface area contributed by atoms with Crippen LogP contribution in [0.25, 0.3) is 0 Å². The number of fused-ring (bicyclic) bond motifs is 2. The van der Waals surface area contributed by atoms with E-state index in [-0.39, 0.29) is 39.5 Å². The minimum Gasteiger partial charge on any atom is -0.466 e. The van der Waals surface area contributed by atoms with Crippen molar-refractivity contribution in [2.45, 2.75) is 58.0 Å². The Labute approximate surface area is 306 Å². The molecular weight excluding hydrogens is 665 g/mol. The number of benzene rings is 4. The first-order chi connectivity index (χ1) is 24.3. The first-order valence-corrected chi connectivity index (χ1v) is 22.0. The number of ketones is 1. The van der Waals surface area contributed by atoms with E-state index in [1.54, 1.807) is 0 Å². The van der Waals surface area contributed by atoms with E-state index in [0.29, 0.717) is 25.2 Å².